The van der Waals surface area contributed by atoms with Crippen LogP contribution in [-0.2, 0) is 6.42 Å². The van der Waals surface area contributed by atoms with Crippen LogP contribution in [0.3, 0.4) is 0 Å². The van der Waals surface area contributed by atoms with Crippen molar-refractivity contribution >= 4 is 17.2 Å². The van der Waals surface area contributed by atoms with Crippen LogP contribution in [0.2, 0.25) is 5.15 Å². The average molecular weight is 236 g/mol. The SMILES string of the molecule is NCCc1ccn2c(Cl)c(C3CC3)nc2c1. The summed E-state index contributed by atoms with van der Waals surface area (Å²) in [5.74, 6) is 0.588. The lowest BCUT2D eigenvalue weighted by molar-refractivity contribution is 0.962. The number of nitrogens with two attached hydrogens (primary N) is 1. The Bertz CT molecular complexity index is 528. The van der Waals surface area contributed by atoms with Gasteiger partial charge in [0, 0.05) is 12.1 Å². The number of pyridine rings is 1. The van der Waals surface area contributed by atoms with Crippen molar-refractivity contribution in [2.45, 2.75) is 25.2 Å². The molecule has 0 saturated heterocycles. The fraction of sp³-hybridized carbons (Fsp3) is 0.417. The van der Waals surface area contributed by atoms with E-state index in [-0.39, 0.29) is 0 Å². The van der Waals surface area contributed by atoms with Gasteiger partial charge in [-0.05, 0) is 43.5 Å². The van der Waals surface area contributed by atoms with E-state index in [1.54, 1.807) is 0 Å². The second kappa shape index (κ2) is 3.75. The molecule has 84 valence electrons. The van der Waals surface area contributed by atoms with Crippen LogP contribution >= 0.6 is 11.6 Å². The largest absolute Gasteiger partial charge is 0.330 e. The quantitative estimate of drug-likeness (QED) is 0.888. The molecule has 4 heteroatoms. The highest BCUT2D eigenvalue weighted by atomic mass is 35.5. The van der Waals surface area contributed by atoms with Crippen LogP contribution in [0.4, 0.5) is 0 Å². The Morgan fingerprint density at radius 1 is 1.50 bits per heavy atom. The Morgan fingerprint density at radius 2 is 2.31 bits per heavy atom. The van der Waals surface area contributed by atoms with E-state index in [2.05, 4.69) is 17.1 Å². The van der Waals surface area contributed by atoms with Gasteiger partial charge >= 0.3 is 0 Å². The monoisotopic (exact) mass is 235 g/mol. The van der Waals surface area contributed by atoms with Crippen molar-refractivity contribution in [2.24, 2.45) is 5.73 Å². The summed E-state index contributed by atoms with van der Waals surface area (Å²) in [5, 5.41) is 0.775. The molecule has 2 N–H and O–H groups in total. The zero-order chi connectivity index (χ0) is 11.1. The third-order valence-corrected chi connectivity index (χ3v) is 3.43. The van der Waals surface area contributed by atoms with E-state index in [1.807, 2.05) is 10.6 Å². The standard InChI is InChI=1S/C12H14ClN3/c13-12-11(9-1-2-9)15-10-7-8(3-5-14)4-6-16(10)12/h4,6-7,9H,1-3,5,14H2. The van der Waals surface area contributed by atoms with Gasteiger partial charge in [-0.15, -0.1) is 0 Å². The molecule has 2 heterocycles. The number of hydrogen-bond donors (Lipinski definition) is 1. The molecule has 0 aromatic carbocycles. The molecule has 0 atom stereocenters. The molecule has 16 heavy (non-hydrogen) atoms. The van der Waals surface area contributed by atoms with Gasteiger partial charge in [0.15, 0.2) is 0 Å². The van der Waals surface area contributed by atoms with Gasteiger partial charge in [0.05, 0.1) is 5.69 Å². The van der Waals surface area contributed by atoms with Crippen LogP contribution in [0.15, 0.2) is 18.3 Å². The number of nitrogens with zero attached hydrogens (tertiary/aromatic N) is 2. The van der Waals surface area contributed by atoms with E-state index in [1.165, 1.54) is 18.4 Å². The predicted octanol–water partition coefficient (Wildman–Crippen LogP) is 2.37. The third kappa shape index (κ3) is 1.60. The molecule has 3 rings (SSSR count). The molecule has 3 nitrogen and oxygen atoms in total. The summed E-state index contributed by atoms with van der Waals surface area (Å²) in [6.45, 7) is 0.667. The van der Waals surface area contributed by atoms with E-state index in [4.69, 9.17) is 17.3 Å². The number of fused-ring (bicyclic) bond motifs is 1. The summed E-state index contributed by atoms with van der Waals surface area (Å²) in [6, 6.07) is 4.13. The van der Waals surface area contributed by atoms with Crippen LogP contribution in [0.25, 0.3) is 5.65 Å². The second-order valence-electron chi connectivity index (χ2n) is 4.36. The number of rotatable bonds is 3. The minimum absolute atomic E-state index is 0.588. The van der Waals surface area contributed by atoms with Crippen LogP contribution in [0, 0.1) is 0 Å². The van der Waals surface area contributed by atoms with Gasteiger partial charge in [0.1, 0.15) is 10.8 Å². The van der Waals surface area contributed by atoms with Crippen molar-refractivity contribution in [3.05, 3.63) is 34.7 Å². The summed E-state index contributed by atoms with van der Waals surface area (Å²) < 4.78 is 1.95. The van der Waals surface area contributed by atoms with Crippen molar-refractivity contribution in [3.63, 3.8) is 0 Å². The number of aromatic nitrogens is 2. The fourth-order valence-corrected chi connectivity index (χ4v) is 2.35. The lowest BCUT2D eigenvalue weighted by atomic mass is 10.2. The maximum atomic E-state index is 6.30. The Morgan fingerprint density at radius 3 is 3.00 bits per heavy atom. The van der Waals surface area contributed by atoms with Gasteiger partial charge < -0.3 is 5.73 Å². The summed E-state index contributed by atoms with van der Waals surface area (Å²) >= 11 is 6.30. The van der Waals surface area contributed by atoms with Crippen LogP contribution in [0.5, 0.6) is 0 Å². The van der Waals surface area contributed by atoms with Gasteiger partial charge in [-0.1, -0.05) is 11.6 Å². The smallest absolute Gasteiger partial charge is 0.138 e. The Balaban J connectivity index is 2.09. The average Bonchev–Trinajstić information content (AvgIpc) is 3.06. The lowest BCUT2D eigenvalue weighted by Gasteiger charge is -1.99. The first kappa shape index (κ1) is 10.1. The van der Waals surface area contributed by atoms with Crippen LogP contribution < -0.4 is 5.73 Å². The highest BCUT2D eigenvalue weighted by molar-refractivity contribution is 6.30. The van der Waals surface area contributed by atoms with Crippen LogP contribution in [0.1, 0.15) is 30.0 Å². The minimum Gasteiger partial charge on any atom is -0.330 e. The third-order valence-electron chi connectivity index (χ3n) is 3.05. The normalized spacial score (nSPS) is 15.9. The minimum atomic E-state index is 0.588. The molecule has 0 unspecified atom stereocenters. The molecular weight excluding hydrogens is 222 g/mol. The first-order chi connectivity index (χ1) is 7.79. The van der Waals surface area contributed by atoms with E-state index in [0.29, 0.717) is 12.5 Å². The first-order valence-corrected chi connectivity index (χ1v) is 6.04. The molecule has 2 aromatic heterocycles. The van der Waals surface area contributed by atoms with Crippen molar-refractivity contribution < 1.29 is 0 Å². The molecule has 1 fully saturated rings. The first-order valence-electron chi connectivity index (χ1n) is 5.66. The maximum absolute atomic E-state index is 6.30. The highest BCUT2D eigenvalue weighted by Crippen LogP contribution is 2.42. The molecular formula is C12H14ClN3. The molecule has 1 saturated carbocycles. The van der Waals surface area contributed by atoms with Crippen molar-refractivity contribution in [1.29, 1.82) is 0 Å². The topological polar surface area (TPSA) is 43.3 Å². The molecule has 1 aliphatic rings. The molecule has 1 aliphatic carbocycles. The summed E-state index contributed by atoms with van der Waals surface area (Å²) in [5.41, 5.74) is 8.77. The van der Waals surface area contributed by atoms with E-state index in [9.17, 15) is 0 Å². The zero-order valence-corrected chi connectivity index (χ0v) is 9.74. The van der Waals surface area contributed by atoms with Crippen LogP contribution in [-0.4, -0.2) is 15.9 Å². The zero-order valence-electron chi connectivity index (χ0n) is 8.99. The molecule has 0 amide bonds. The van der Waals surface area contributed by atoms with Gasteiger partial charge in [-0.2, -0.15) is 0 Å². The second-order valence-corrected chi connectivity index (χ2v) is 4.72. The van der Waals surface area contributed by atoms with Gasteiger partial charge in [-0.3, -0.25) is 4.40 Å². The van der Waals surface area contributed by atoms with E-state index < -0.39 is 0 Å². The predicted molar refractivity (Wildman–Crippen MR) is 64.9 cm³/mol. The van der Waals surface area contributed by atoms with E-state index in [0.717, 1.165) is 22.9 Å². The molecule has 0 spiro atoms. The molecule has 0 bridgehead atoms. The Hall–Kier alpha value is -1.06. The van der Waals surface area contributed by atoms with Crippen molar-refractivity contribution in [3.8, 4) is 0 Å². The summed E-state index contributed by atoms with van der Waals surface area (Å²) in [6.07, 6.45) is 5.32. The summed E-state index contributed by atoms with van der Waals surface area (Å²) in [4.78, 5) is 4.61. The molecule has 2 aromatic rings. The number of halogens is 1. The van der Waals surface area contributed by atoms with Crippen molar-refractivity contribution in [2.75, 3.05) is 6.54 Å². The van der Waals surface area contributed by atoms with Gasteiger partial charge in [0.2, 0.25) is 0 Å². The Kier molecular flexibility index (Phi) is 2.37. The Labute approximate surface area is 99.2 Å². The summed E-state index contributed by atoms with van der Waals surface area (Å²) in [7, 11) is 0. The molecule has 0 aliphatic heterocycles. The van der Waals surface area contributed by atoms with Gasteiger partial charge in [0.25, 0.3) is 0 Å². The van der Waals surface area contributed by atoms with Crippen molar-refractivity contribution in [1.82, 2.24) is 9.38 Å². The van der Waals surface area contributed by atoms with Gasteiger partial charge in [-0.25, -0.2) is 4.98 Å². The molecule has 0 radical (unpaired) electrons. The highest BCUT2D eigenvalue weighted by Gasteiger charge is 2.29. The van der Waals surface area contributed by atoms with E-state index >= 15 is 0 Å². The number of imidazole rings is 1. The lowest BCUT2D eigenvalue weighted by Crippen LogP contribution is -2.02. The number of hydrogen-bond acceptors (Lipinski definition) is 2. The maximum Gasteiger partial charge on any atom is 0.138 e. The fourth-order valence-electron chi connectivity index (χ4n) is 2.01.